The summed E-state index contributed by atoms with van der Waals surface area (Å²) in [6.07, 6.45) is 1.93. The molecule has 4 heteroatoms. The molecule has 0 spiro atoms. The SMILES string of the molecule is CCC(CC)N(CCO)c1cc(Cl)ccc1C#N. The molecule has 1 rings (SSSR count). The van der Waals surface area contributed by atoms with Crippen LogP contribution in [-0.2, 0) is 0 Å². The van der Waals surface area contributed by atoms with Crippen molar-refractivity contribution in [3.63, 3.8) is 0 Å². The summed E-state index contributed by atoms with van der Waals surface area (Å²) in [7, 11) is 0. The molecule has 0 amide bonds. The molecule has 1 N–H and O–H groups in total. The minimum atomic E-state index is 0.0634. The van der Waals surface area contributed by atoms with Crippen LogP contribution in [-0.4, -0.2) is 24.3 Å². The first-order valence-corrected chi connectivity index (χ1v) is 6.62. The van der Waals surface area contributed by atoms with E-state index in [-0.39, 0.29) is 6.61 Å². The van der Waals surface area contributed by atoms with Gasteiger partial charge >= 0.3 is 0 Å². The van der Waals surface area contributed by atoms with E-state index < -0.39 is 0 Å². The first-order chi connectivity index (χ1) is 8.67. The number of halogens is 1. The van der Waals surface area contributed by atoms with Gasteiger partial charge in [-0.2, -0.15) is 5.26 Å². The molecule has 0 heterocycles. The predicted molar refractivity (Wildman–Crippen MR) is 75.0 cm³/mol. The van der Waals surface area contributed by atoms with Gasteiger partial charge in [-0.3, -0.25) is 0 Å². The van der Waals surface area contributed by atoms with Crippen LogP contribution in [0.25, 0.3) is 0 Å². The molecule has 0 aliphatic heterocycles. The molecule has 98 valence electrons. The topological polar surface area (TPSA) is 47.3 Å². The Morgan fingerprint density at radius 3 is 2.56 bits per heavy atom. The van der Waals surface area contributed by atoms with Crippen LogP contribution in [0.3, 0.4) is 0 Å². The number of nitriles is 1. The Bertz CT molecular complexity index is 424. The average molecular weight is 267 g/mol. The number of anilines is 1. The monoisotopic (exact) mass is 266 g/mol. The average Bonchev–Trinajstić information content (AvgIpc) is 2.39. The smallest absolute Gasteiger partial charge is 0.101 e. The minimum Gasteiger partial charge on any atom is -0.395 e. The van der Waals surface area contributed by atoms with Crippen LogP contribution >= 0.6 is 11.6 Å². The second-order valence-corrected chi connectivity index (χ2v) is 4.60. The van der Waals surface area contributed by atoms with Crippen molar-refractivity contribution in [2.75, 3.05) is 18.1 Å². The Balaban J connectivity index is 3.19. The molecule has 0 atom stereocenters. The van der Waals surface area contributed by atoms with Gasteiger partial charge < -0.3 is 10.0 Å². The lowest BCUT2D eigenvalue weighted by Gasteiger charge is -2.32. The van der Waals surface area contributed by atoms with Gasteiger partial charge in [0.25, 0.3) is 0 Å². The quantitative estimate of drug-likeness (QED) is 0.860. The van der Waals surface area contributed by atoms with Gasteiger partial charge in [-0.05, 0) is 31.0 Å². The Morgan fingerprint density at radius 1 is 1.39 bits per heavy atom. The van der Waals surface area contributed by atoms with Crippen molar-refractivity contribution in [1.29, 1.82) is 5.26 Å². The molecular formula is C14H19ClN2O. The second-order valence-electron chi connectivity index (χ2n) is 4.16. The summed E-state index contributed by atoms with van der Waals surface area (Å²) < 4.78 is 0. The molecule has 0 unspecified atom stereocenters. The number of benzene rings is 1. The standard InChI is InChI=1S/C14H19ClN2O/c1-3-13(4-2)17(7-8-18)14-9-12(15)6-5-11(14)10-16/h5-6,9,13,18H,3-4,7-8H2,1-2H3. The Morgan fingerprint density at radius 2 is 2.06 bits per heavy atom. The molecule has 18 heavy (non-hydrogen) atoms. The van der Waals surface area contributed by atoms with Gasteiger partial charge in [0.1, 0.15) is 6.07 Å². The largest absolute Gasteiger partial charge is 0.395 e. The molecule has 1 aromatic rings. The summed E-state index contributed by atoms with van der Waals surface area (Å²) in [4.78, 5) is 2.07. The van der Waals surface area contributed by atoms with Gasteiger partial charge in [0.2, 0.25) is 0 Å². The van der Waals surface area contributed by atoms with Gasteiger partial charge in [-0.15, -0.1) is 0 Å². The Kier molecular flexibility index (Phi) is 5.97. The summed E-state index contributed by atoms with van der Waals surface area (Å²) in [6.45, 7) is 4.79. The third-order valence-corrected chi connectivity index (χ3v) is 3.35. The van der Waals surface area contributed by atoms with Crippen molar-refractivity contribution in [3.8, 4) is 6.07 Å². The third kappa shape index (κ3) is 3.38. The normalized spacial score (nSPS) is 10.4. The zero-order valence-corrected chi connectivity index (χ0v) is 11.6. The highest BCUT2D eigenvalue weighted by atomic mass is 35.5. The summed E-state index contributed by atoms with van der Waals surface area (Å²) in [5.41, 5.74) is 1.41. The molecular weight excluding hydrogens is 248 g/mol. The van der Waals surface area contributed by atoms with E-state index in [1.807, 2.05) is 0 Å². The molecule has 0 aliphatic rings. The van der Waals surface area contributed by atoms with Crippen LogP contribution in [0.4, 0.5) is 5.69 Å². The van der Waals surface area contributed by atoms with E-state index in [0.29, 0.717) is 23.2 Å². The van der Waals surface area contributed by atoms with Crippen LogP contribution in [0.1, 0.15) is 32.3 Å². The Labute approximate surface area is 114 Å². The summed E-state index contributed by atoms with van der Waals surface area (Å²) in [5.74, 6) is 0. The van der Waals surface area contributed by atoms with E-state index in [0.717, 1.165) is 18.5 Å². The van der Waals surface area contributed by atoms with Gasteiger partial charge in [0.05, 0.1) is 17.9 Å². The molecule has 3 nitrogen and oxygen atoms in total. The van der Waals surface area contributed by atoms with Crippen molar-refractivity contribution < 1.29 is 5.11 Å². The molecule has 0 saturated carbocycles. The second kappa shape index (κ2) is 7.25. The maximum atomic E-state index is 9.21. The summed E-state index contributed by atoms with van der Waals surface area (Å²) in [5, 5.41) is 19.0. The van der Waals surface area contributed by atoms with Crippen molar-refractivity contribution >= 4 is 17.3 Å². The molecule has 0 fully saturated rings. The zero-order valence-electron chi connectivity index (χ0n) is 10.9. The van der Waals surface area contributed by atoms with Crippen molar-refractivity contribution in [1.82, 2.24) is 0 Å². The zero-order chi connectivity index (χ0) is 13.5. The lowest BCUT2D eigenvalue weighted by molar-refractivity contribution is 0.296. The molecule has 0 aromatic heterocycles. The van der Waals surface area contributed by atoms with Crippen molar-refractivity contribution in [3.05, 3.63) is 28.8 Å². The number of hydrogen-bond acceptors (Lipinski definition) is 3. The van der Waals surface area contributed by atoms with Crippen LogP contribution in [0.5, 0.6) is 0 Å². The lowest BCUT2D eigenvalue weighted by atomic mass is 10.1. The van der Waals surface area contributed by atoms with Crippen LogP contribution < -0.4 is 4.90 Å². The van der Waals surface area contributed by atoms with Gasteiger partial charge in [0.15, 0.2) is 0 Å². The van der Waals surface area contributed by atoms with Gasteiger partial charge in [-0.25, -0.2) is 0 Å². The van der Waals surface area contributed by atoms with E-state index >= 15 is 0 Å². The van der Waals surface area contributed by atoms with Crippen molar-refractivity contribution in [2.45, 2.75) is 32.7 Å². The van der Waals surface area contributed by atoms with E-state index in [2.05, 4.69) is 24.8 Å². The van der Waals surface area contributed by atoms with E-state index in [1.54, 1.807) is 18.2 Å². The van der Waals surface area contributed by atoms with E-state index in [1.165, 1.54) is 0 Å². The number of rotatable bonds is 6. The maximum Gasteiger partial charge on any atom is 0.101 e. The predicted octanol–water partition coefficient (Wildman–Crippen LogP) is 3.20. The number of nitrogens with zero attached hydrogens (tertiary/aromatic N) is 2. The van der Waals surface area contributed by atoms with E-state index in [4.69, 9.17) is 11.6 Å². The molecule has 0 bridgehead atoms. The first kappa shape index (κ1) is 14.8. The van der Waals surface area contributed by atoms with Crippen LogP contribution in [0.15, 0.2) is 18.2 Å². The minimum absolute atomic E-state index is 0.0634. The van der Waals surface area contributed by atoms with Crippen LogP contribution in [0, 0.1) is 11.3 Å². The Hall–Kier alpha value is -1.24. The summed E-state index contributed by atoms with van der Waals surface area (Å²) in [6, 6.07) is 7.73. The molecule has 0 radical (unpaired) electrons. The lowest BCUT2D eigenvalue weighted by Crippen LogP contribution is -2.37. The molecule has 1 aromatic carbocycles. The van der Waals surface area contributed by atoms with Crippen molar-refractivity contribution in [2.24, 2.45) is 0 Å². The number of hydrogen-bond donors (Lipinski definition) is 1. The van der Waals surface area contributed by atoms with Gasteiger partial charge in [0, 0.05) is 17.6 Å². The third-order valence-electron chi connectivity index (χ3n) is 3.11. The van der Waals surface area contributed by atoms with E-state index in [9.17, 15) is 10.4 Å². The molecule has 0 aliphatic carbocycles. The highest BCUT2D eigenvalue weighted by molar-refractivity contribution is 6.30. The number of aliphatic hydroxyl groups is 1. The highest BCUT2D eigenvalue weighted by Crippen LogP contribution is 2.27. The highest BCUT2D eigenvalue weighted by Gasteiger charge is 2.18. The fourth-order valence-corrected chi connectivity index (χ4v) is 2.34. The fraction of sp³-hybridized carbons (Fsp3) is 0.500. The maximum absolute atomic E-state index is 9.21. The fourth-order valence-electron chi connectivity index (χ4n) is 2.17. The first-order valence-electron chi connectivity index (χ1n) is 6.25. The molecule has 0 saturated heterocycles. The summed E-state index contributed by atoms with van der Waals surface area (Å²) >= 11 is 6.01. The van der Waals surface area contributed by atoms with Gasteiger partial charge in [-0.1, -0.05) is 25.4 Å². The van der Waals surface area contributed by atoms with Crippen LogP contribution in [0.2, 0.25) is 5.02 Å². The number of aliphatic hydroxyl groups excluding tert-OH is 1.